The highest BCUT2D eigenvalue weighted by Gasteiger charge is 2.28. The van der Waals surface area contributed by atoms with Gasteiger partial charge in [0.25, 0.3) is 0 Å². The van der Waals surface area contributed by atoms with Gasteiger partial charge in [0, 0.05) is 6.42 Å². The van der Waals surface area contributed by atoms with Crippen LogP contribution in [-0.4, -0.2) is 41.1 Å². The van der Waals surface area contributed by atoms with Crippen LogP contribution in [-0.2, 0) is 25.7 Å². The Labute approximate surface area is 157 Å². The number of carboxylic acids is 1. The summed E-state index contributed by atoms with van der Waals surface area (Å²) in [7, 11) is 0. The molecule has 5 N–H and O–H groups in total. The fraction of sp³-hybridized carbons (Fsp3) is 0.444. The van der Waals surface area contributed by atoms with Gasteiger partial charge in [-0.2, -0.15) is 0 Å². The number of rotatable bonds is 10. The molecule has 0 aliphatic rings. The van der Waals surface area contributed by atoms with E-state index in [1.165, 1.54) is 0 Å². The zero-order chi connectivity index (χ0) is 20.4. The molecule has 0 radical (unpaired) electrons. The minimum absolute atomic E-state index is 0.0433. The number of nitrogens with two attached hydrogens (primary N) is 1. The van der Waals surface area contributed by atoms with Crippen molar-refractivity contribution in [1.82, 2.24) is 10.6 Å². The van der Waals surface area contributed by atoms with E-state index in [0.717, 1.165) is 5.56 Å². The van der Waals surface area contributed by atoms with E-state index >= 15 is 0 Å². The molecular formula is C18H25N3O6. The molecule has 0 unspecified atom stereocenters. The molecule has 0 bridgehead atoms. The highest BCUT2D eigenvalue weighted by molar-refractivity contribution is 5.91. The topological polar surface area (TPSA) is 148 Å². The Kier molecular flexibility index (Phi) is 8.77. The molecule has 27 heavy (non-hydrogen) atoms. The molecule has 0 aromatic heterocycles. The largest absolute Gasteiger partial charge is 0.481 e. The van der Waals surface area contributed by atoms with Crippen LogP contribution in [0.25, 0.3) is 0 Å². The van der Waals surface area contributed by atoms with Crippen LogP contribution in [0.15, 0.2) is 30.3 Å². The first kappa shape index (κ1) is 21.9. The third-order valence-corrected chi connectivity index (χ3v) is 3.74. The Morgan fingerprint density at radius 3 is 2.26 bits per heavy atom. The van der Waals surface area contributed by atoms with Crippen molar-refractivity contribution >= 4 is 23.9 Å². The summed E-state index contributed by atoms with van der Waals surface area (Å²) in [4.78, 5) is 46.5. The average molecular weight is 379 g/mol. The molecule has 0 fully saturated rings. The molecule has 2 atom stereocenters. The van der Waals surface area contributed by atoms with Gasteiger partial charge < -0.3 is 26.2 Å². The minimum atomic E-state index is -1.14. The van der Waals surface area contributed by atoms with E-state index in [0.29, 0.717) is 0 Å². The van der Waals surface area contributed by atoms with Gasteiger partial charge in [-0.05, 0) is 17.9 Å². The molecule has 1 rings (SSSR count). The van der Waals surface area contributed by atoms with Crippen molar-refractivity contribution in [2.75, 3.05) is 0 Å². The standard InChI is InChI=1S/C18H25N3O6/c1-11(2)15(17(25)20-13(16(19)24)8-9-14(22)23)21-18(26)27-10-12-6-4-3-5-7-12/h3-7,11,13,15H,8-10H2,1-2H3,(H2,19,24)(H,20,25)(H,21,26)(H,22,23)/t13-,15-/m1/s1. The van der Waals surface area contributed by atoms with Crippen molar-refractivity contribution in [3.8, 4) is 0 Å². The summed E-state index contributed by atoms with van der Waals surface area (Å²) in [5.74, 6) is -2.91. The maximum Gasteiger partial charge on any atom is 0.408 e. The van der Waals surface area contributed by atoms with Crippen LogP contribution >= 0.6 is 0 Å². The predicted octanol–water partition coefficient (Wildman–Crippen LogP) is 0.772. The Morgan fingerprint density at radius 2 is 1.74 bits per heavy atom. The quantitative estimate of drug-likeness (QED) is 0.472. The minimum Gasteiger partial charge on any atom is -0.481 e. The van der Waals surface area contributed by atoms with Crippen LogP contribution in [0.5, 0.6) is 0 Å². The van der Waals surface area contributed by atoms with Gasteiger partial charge in [-0.25, -0.2) is 4.79 Å². The smallest absolute Gasteiger partial charge is 0.408 e. The van der Waals surface area contributed by atoms with Gasteiger partial charge >= 0.3 is 12.1 Å². The molecule has 3 amide bonds. The molecule has 9 nitrogen and oxygen atoms in total. The van der Waals surface area contributed by atoms with Crippen molar-refractivity contribution in [2.24, 2.45) is 11.7 Å². The fourth-order valence-electron chi connectivity index (χ4n) is 2.24. The Balaban J connectivity index is 2.64. The molecule has 0 saturated heterocycles. The second kappa shape index (κ2) is 10.8. The van der Waals surface area contributed by atoms with Gasteiger partial charge in [-0.3, -0.25) is 14.4 Å². The van der Waals surface area contributed by atoms with E-state index in [9.17, 15) is 19.2 Å². The van der Waals surface area contributed by atoms with Crippen LogP contribution < -0.4 is 16.4 Å². The monoisotopic (exact) mass is 379 g/mol. The van der Waals surface area contributed by atoms with Gasteiger partial charge in [0.15, 0.2) is 0 Å². The summed E-state index contributed by atoms with van der Waals surface area (Å²) < 4.78 is 5.09. The first-order valence-electron chi connectivity index (χ1n) is 8.49. The Hall–Kier alpha value is -3.10. The van der Waals surface area contributed by atoms with Crippen molar-refractivity contribution in [2.45, 2.75) is 45.4 Å². The van der Waals surface area contributed by atoms with Crippen molar-refractivity contribution in [3.63, 3.8) is 0 Å². The number of amides is 3. The molecule has 148 valence electrons. The van der Waals surface area contributed by atoms with Gasteiger partial charge in [-0.15, -0.1) is 0 Å². The SMILES string of the molecule is CC(C)[C@@H](NC(=O)OCc1ccccc1)C(=O)N[C@H](CCC(=O)O)C(N)=O. The number of aliphatic carboxylic acids is 1. The number of nitrogens with one attached hydrogen (secondary N) is 2. The highest BCUT2D eigenvalue weighted by Crippen LogP contribution is 2.06. The average Bonchev–Trinajstić information content (AvgIpc) is 2.61. The number of alkyl carbamates (subject to hydrolysis) is 1. The Bertz CT molecular complexity index is 662. The van der Waals surface area contributed by atoms with Gasteiger partial charge in [-0.1, -0.05) is 44.2 Å². The van der Waals surface area contributed by atoms with Crippen LogP contribution in [0.3, 0.4) is 0 Å². The van der Waals surface area contributed by atoms with Crippen LogP contribution in [0, 0.1) is 5.92 Å². The molecule has 0 heterocycles. The second-order valence-electron chi connectivity index (χ2n) is 6.32. The maximum absolute atomic E-state index is 12.4. The summed E-state index contributed by atoms with van der Waals surface area (Å²) in [5, 5.41) is 13.5. The molecule has 9 heteroatoms. The van der Waals surface area contributed by atoms with E-state index in [2.05, 4.69) is 10.6 Å². The number of hydrogen-bond acceptors (Lipinski definition) is 5. The molecule has 0 aliphatic carbocycles. The number of primary amides is 1. The molecule has 1 aromatic rings. The second-order valence-corrected chi connectivity index (χ2v) is 6.32. The van der Waals surface area contributed by atoms with E-state index in [-0.39, 0.29) is 25.4 Å². The van der Waals surface area contributed by atoms with Crippen LogP contribution in [0.4, 0.5) is 4.79 Å². The normalized spacial score (nSPS) is 12.7. The van der Waals surface area contributed by atoms with Crippen molar-refractivity contribution in [1.29, 1.82) is 0 Å². The summed E-state index contributed by atoms with van der Waals surface area (Å²) in [6, 6.07) is 6.92. The lowest BCUT2D eigenvalue weighted by atomic mass is 10.0. The zero-order valence-electron chi connectivity index (χ0n) is 15.3. The number of hydrogen-bond donors (Lipinski definition) is 4. The zero-order valence-corrected chi connectivity index (χ0v) is 15.3. The highest BCUT2D eigenvalue weighted by atomic mass is 16.5. The van der Waals surface area contributed by atoms with E-state index in [4.69, 9.17) is 15.6 Å². The summed E-state index contributed by atoms with van der Waals surface area (Å²) in [5.41, 5.74) is 5.99. The fourth-order valence-corrected chi connectivity index (χ4v) is 2.24. The summed E-state index contributed by atoms with van der Waals surface area (Å²) in [6.07, 6.45) is -1.25. The lowest BCUT2D eigenvalue weighted by Gasteiger charge is -2.24. The number of benzene rings is 1. The number of carbonyl (C=O) groups is 4. The molecular weight excluding hydrogens is 354 g/mol. The molecule has 1 aromatic carbocycles. The lowest BCUT2D eigenvalue weighted by molar-refractivity contribution is -0.138. The van der Waals surface area contributed by atoms with E-state index < -0.39 is 36.0 Å². The number of carbonyl (C=O) groups excluding carboxylic acids is 3. The number of ether oxygens (including phenoxy) is 1. The third-order valence-electron chi connectivity index (χ3n) is 3.74. The van der Waals surface area contributed by atoms with E-state index in [1.807, 2.05) is 18.2 Å². The molecule has 0 spiro atoms. The first-order valence-corrected chi connectivity index (χ1v) is 8.49. The predicted molar refractivity (Wildman–Crippen MR) is 96.4 cm³/mol. The summed E-state index contributed by atoms with van der Waals surface area (Å²) >= 11 is 0. The van der Waals surface area contributed by atoms with Crippen LogP contribution in [0.2, 0.25) is 0 Å². The first-order chi connectivity index (χ1) is 12.7. The maximum atomic E-state index is 12.4. The molecule has 0 saturated carbocycles. The third kappa shape index (κ3) is 8.21. The Morgan fingerprint density at radius 1 is 1.11 bits per heavy atom. The van der Waals surface area contributed by atoms with Crippen molar-refractivity contribution in [3.05, 3.63) is 35.9 Å². The van der Waals surface area contributed by atoms with Crippen LogP contribution in [0.1, 0.15) is 32.3 Å². The van der Waals surface area contributed by atoms with Crippen molar-refractivity contribution < 1.29 is 29.0 Å². The van der Waals surface area contributed by atoms with Gasteiger partial charge in [0.2, 0.25) is 11.8 Å². The lowest BCUT2D eigenvalue weighted by Crippen LogP contribution is -2.54. The molecule has 0 aliphatic heterocycles. The van der Waals surface area contributed by atoms with Gasteiger partial charge in [0.1, 0.15) is 18.7 Å². The summed E-state index contributed by atoms with van der Waals surface area (Å²) in [6.45, 7) is 3.46. The van der Waals surface area contributed by atoms with E-state index in [1.54, 1.807) is 26.0 Å². The number of carboxylic acid groups (broad SMARTS) is 1. The van der Waals surface area contributed by atoms with Gasteiger partial charge in [0.05, 0.1) is 0 Å².